The van der Waals surface area contributed by atoms with Crippen LogP contribution in [0.1, 0.15) is 10.4 Å². The van der Waals surface area contributed by atoms with Gasteiger partial charge in [0.2, 0.25) is 0 Å². The summed E-state index contributed by atoms with van der Waals surface area (Å²) in [6.07, 6.45) is 0. The molecule has 0 aliphatic rings. The maximum Gasteiger partial charge on any atom is 0.252 e. The van der Waals surface area contributed by atoms with Crippen molar-refractivity contribution in [3.63, 3.8) is 0 Å². The normalized spacial score (nSPS) is 10.5. The van der Waals surface area contributed by atoms with Gasteiger partial charge in [-0.15, -0.1) is 0 Å². The van der Waals surface area contributed by atoms with E-state index in [1.807, 2.05) is 0 Å². The molecule has 0 saturated heterocycles. The van der Waals surface area contributed by atoms with Crippen LogP contribution in [0.2, 0.25) is 0 Å². The molecular weight excluding hydrogens is 319 g/mol. The van der Waals surface area contributed by atoms with E-state index < -0.39 is 5.82 Å². The number of halogens is 2. The number of nitrogen functional groups attached to an aromatic ring is 1. The van der Waals surface area contributed by atoms with Gasteiger partial charge in [0.25, 0.3) is 5.91 Å². The Morgan fingerprint density at radius 3 is 2.84 bits per heavy atom. The second-order valence-corrected chi connectivity index (χ2v) is 4.57. The quantitative estimate of drug-likeness (QED) is 0.586. The third-order valence-electron chi connectivity index (χ3n) is 2.29. The van der Waals surface area contributed by atoms with Gasteiger partial charge >= 0.3 is 0 Å². The molecule has 0 bridgehead atoms. The molecular formula is C12H16BrFN2O3. The third-order valence-corrected chi connectivity index (χ3v) is 2.95. The molecule has 0 radical (unpaired) electrons. The van der Waals surface area contributed by atoms with Crippen LogP contribution in [0.25, 0.3) is 0 Å². The molecule has 3 N–H and O–H groups in total. The lowest BCUT2D eigenvalue weighted by atomic mass is 10.2. The number of ether oxygens (including phenoxy) is 2. The second-order valence-electron chi connectivity index (χ2n) is 3.71. The van der Waals surface area contributed by atoms with Gasteiger partial charge in [0.15, 0.2) is 0 Å². The van der Waals surface area contributed by atoms with Gasteiger partial charge in [-0.25, -0.2) is 4.39 Å². The SMILES string of the molecule is COCCOCCNC(=O)c1cc(N)c(F)cc1Br. The Hall–Kier alpha value is -1.18. The molecule has 1 rings (SSSR count). The zero-order valence-electron chi connectivity index (χ0n) is 10.5. The van der Waals surface area contributed by atoms with Crippen LogP contribution in [0.5, 0.6) is 0 Å². The Bertz CT molecular complexity index is 443. The molecule has 0 aromatic heterocycles. The van der Waals surface area contributed by atoms with E-state index in [-0.39, 0.29) is 17.2 Å². The second kappa shape index (κ2) is 8.08. The van der Waals surface area contributed by atoms with Gasteiger partial charge < -0.3 is 20.5 Å². The van der Waals surface area contributed by atoms with Crippen molar-refractivity contribution < 1.29 is 18.7 Å². The Balaban J connectivity index is 2.43. The van der Waals surface area contributed by atoms with Crippen molar-refractivity contribution in [2.45, 2.75) is 0 Å². The molecule has 1 amide bonds. The zero-order valence-corrected chi connectivity index (χ0v) is 12.1. The molecule has 0 unspecified atom stereocenters. The van der Waals surface area contributed by atoms with Crippen molar-refractivity contribution >= 4 is 27.5 Å². The van der Waals surface area contributed by atoms with E-state index >= 15 is 0 Å². The predicted molar refractivity (Wildman–Crippen MR) is 73.5 cm³/mol. The van der Waals surface area contributed by atoms with Crippen LogP contribution in [-0.4, -0.2) is 39.4 Å². The monoisotopic (exact) mass is 334 g/mol. The fourth-order valence-corrected chi connectivity index (χ4v) is 1.81. The lowest BCUT2D eigenvalue weighted by molar-refractivity contribution is 0.0692. The number of methoxy groups -OCH3 is 1. The van der Waals surface area contributed by atoms with E-state index in [4.69, 9.17) is 15.2 Å². The van der Waals surface area contributed by atoms with E-state index in [1.54, 1.807) is 7.11 Å². The Morgan fingerprint density at radius 2 is 2.16 bits per heavy atom. The summed E-state index contributed by atoms with van der Waals surface area (Å²) < 4.78 is 23.5. The van der Waals surface area contributed by atoms with E-state index in [2.05, 4.69) is 21.2 Å². The summed E-state index contributed by atoms with van der Waals surface area (Å²) in [6, 6.07) is 2.46. The topological polar surface area (TPSA) is 73.6 Å². The van der Waals surface area contributed by atoms with Crippen LogP contribution in [0.4, 0.5) is 10.1 Å². The maximum atomic E-state index is 13.1. The highest BCUT2D eigenvalue weighted by atomic mass is 79.9. The van der Waals surface area contributed by atoms with Crippen LogP contribution in [0.3, 0.4) is 0 Å². The number of nitrogens with two attached hydrogens (primary N) is 1. The minimum atomic E-state index is -0.564. The van der Waals surface area contributed by atoms with Crippen molar-refractivity contribution in [3.05, 3.63) is 28.0 Å². The molecule has 1 aromatic rings. The molecule has 0 saturated carbocycles. The number of hydrogen-bond donors (Lipinski definition) is 2. The van der Waals surface area contributed by atoms with Gasteiger partial charge in [0.1, 0.15) is 5.82 Å². The highest BCUT2D eigenvalue weighted by Gasteiger charge is 2.12. The highest BCUT2D eigenvalue weighted by molar-refractivity contribution is 9.10. The van der Waals surface area contributed by atoms with Crippen LogP contribution in [0, 0.1) is 5.82 Å². The summed E-state index contributed by atoms with van der Waals surface area (Å²) in [5, 5.41) is 2.65. The summed E-state index contributed by atoms with van der Waals surface area (Å²) in [6.45, 7) is 1.71. The first-order valence-electron chi connectivity index (χ1n) is 5.65. The standard InChI is InChI=1S/C12H16BrFN2O3/c1-18-4-5-19-3-2-16-12(17)8-6-11(15)10(14)7-9(8)13/h6-7H,2-5,15H2,1H3,(H,16,17). The van der Waals surface area contributed by atoms with Crippen molar-refractivity contribution in [2.24, 2.45) is 0 Å². The van der Waals surface area contributed by atoms with E-state index in [9.17, 15) is 9.18 Å². The number of hydrogen-bond acceptors (Lipinski definition) is 4. The zero-order chi connectivity index (χ0) is 14.3. The van der Waals surface area contributed by atoms with Crippen molar-refractivity contribution in [2.75, 3.05) is 39.2 Å². The molecule has 1 aromatic carbocycles. The van der Waals surface area contributed by atoms with Gasteiger partial charge in [0, 0.05) is 18.1 Å². The minimum absolute atomic E-state index is 0.0651. The Labute approximate surface area is 119 Å². The average molecular weight is 335 g/mol. The van der Waals surface area contributed by atoms with Crippen LogP contribution in [0.15, 0.2) is 16.6 Å². The summed E-state index contributed by atoms with van der Waals surface area (Å²) in [5.41, 5.74) is 5.65. The molecule has 19 heavy (non-hydrogen) atoms. The third kappa shape index (κ3) is 5.14. The molecule has 0 spiro atoms. The van der Waals surface area contributed by atoms with Crippen LogP contribution in [-0.2, 0) is 9.47 Å². The average Bonchev–Trinajstić information content (AvgIpc) is 2.37. The first kappa shape index (κ1) is 15.9. The fraction of sp³-hybridized carbons (Fsp3) is 0.417. The smallest absolute Gasteiger partial charge is 0.252 e. The molecule has 106 valence electrons. The van der Waals surface area contributed by atoms with Gasteiger partial charge in [0.05, 0.1) is 31.1 Å². The molecule has 0 aliphatic carbocycles. The Kier molecular flexibility index (Phi) is 6.75. The number of amides is 1. The van der Waals surface area contributed by atoms with Gasteiger partial charge in [-0.3, -0.25) is 4.79 Å². The molecule has 0 atom stereocenters. The number of carbonyl (C=O) groups is 1. The van der Waals surface area contributed by atoms with Gasteiger partial charge in [-0.05, 0) is 28.1 Å². The minimum Gasteiger partial charge on any atom is -0.396 e. The van der Waals surface area contributed by atoms with Crippen molar-refractivity contribution in [1.29, 1.82) is 0 Å². The molecule has 5 nitrogen and oxygen atoms in total. The number of nitrogens with one attached hydrogen (secondary N) is 1. The lowest BCUT2D eigenvalue weighted by Gasteiger charge is -2.08. The van der Waals surface area contributed by atoms with E-state index in [1.165, 1.54) is 12.1 Å². The largest absolute Gasteiger partial charge is 0.396 e. The first-order chi connectivity index (χ1) is 9.06. The highest BCUT2D eigenvalue weighted by Crippen LogP contribution is 2.22. The Morgan fingerprint density at radius 1 is 1.42 bits per heavy atom. The lowest BCUT2D eigenvalue weighted by Crippen LogP contribution is -2.28. The summed E-state index contributed by atoms with van der Waals surface area (Å²) in [7, 11) is 1.58. The van der Waals surface area contributed by atoms with Crippen molar-refractivity contribution in [1.82, 2.24) is 5.32 Å². The molecule has 0 aliphatic heterocycles. The van der Waals surface area contributed by atoms with E-state index in [0.29, 0.717) is 30.8 Å². The number of benzene rings is 1. The predicted octanol–water partition coefficient (Wildman–Crippen LogP) is 1.56. The van der Waals surface area contributed by atoms with Crippen LogP contribution >= 0.6 is 15.9 Å². The summed E-state index contributed by atoms with van der Waals surface area (Å²) >= 11 is 3.12. The number of carbonyl (C=O) groups excluding carboxylic acids is 1. The summed E-state index contributed by atoms with van der Waals surface area (Å²) in [5.74, 6) is -0.903. The van der Waals surface area contributed by atoms with Crippen molar-refractivity contribution in [3.8, 4) is 0 Å². The van der Waals surface area contributed by atoms with Gasteiger partial charge in [-0.1, -0.05) is 0 Å². The van der Waals surface area contributed by atoms with E-state index in [0.717, 1.165) is 0 Å². The number of anilines is 1. The first-order valence-corrected chi connectivity index (χ1v) is 6.45. The van der Waals surface area contributed by atoms with Crippen LogP contribution < -0.4 is 11.1 Å². The molecule has 7 heteroatoms. The summed E-state index contributed by atoms with van der Waals surface area (Å²) in [4.78, 5) is 11.8. The fourth-order valence-electron chi connectivity index (χ4n) is 1.32. The number of rotatable bonds is 7. The van der Waals surface area contributed by atoms with Gasteiger partial charge in [-0.2, -0.15) is 0 Å². The maximum absolute atomic E-state index is 13.1. The molecule has 0 fully saturated rings. The molecule has 0 heterocycles.